The third kappa shape index (κ3) is 5.54. The van der Waals surface area contributed by atoms with E-state index in [0.717, 1.165) is 37.8 Å². The van der Waals surface area contributed by atoms with E-state index in [-0.39, 0.29) is 11.6 Å². The minimum absolute atomic E-state index is 0.0101. The van der Waals surface area contributed by atoms with E-state index in [2.05, 4.69) is 5.32 Å². The molecule has 3 rings (SSSR count). The maximum absolute atomic E-state index is 14.1. The van der Waals surface area contributed by atoms with Crippen molar-refractivity contribution in [1.29, 1.82) is 0 Å². The zero-order chi connectivity index (χ0) is 22.8. The fourth-order valence-electron chi connectivity index (χ4n) is 4.72. The molecule has 2 N–H and O–H groups in total. The summed E-state index contributed by atoms with van der Waals surface area (Å²) < 4.78 is 19.6. The van der Waals surface area contributed by atoms with Gasteiger partial charge in [-0.15, -0.1) is 0 Å². The van der Waals surface area contributed by atoms with Crippen molar-refractivity contribution in [2.24, 2.45) is 11.8 Å². The summed E-state index contributed by atoms with van der Waals surface area (Å²) in [5.41, 5.74) is -0.989. The van der Waals surface area contributed by atoms with Crippen LogP contribution < -0.4 is 5.32 Å². The van der Waals surface area contributed by atoms with Gasteiger partial charge in [0.05, 0.1) is 5.56 Å². The molecule has 1 heterocycles. The van der Waals surface area contributed by atoms with Gasteiger partial charge in [-0.2, -0.15) is 0 Å². The molecule has 2 fully saturated rings. The van der Waals surface area contributed by atoms with E-state index in [0.29, 0.717) is 18.9 Å². The Morgan fingerprint density at radius 3 is 2.39 bits per heavy atom. The number of rotatable bonds is 4. The minimum Gasteiger partial charge on any atom is -0.478 e. The molecular weight excluding hydrogens is 403 g/mol. The topological polar surface area (TPSA) is 95.9 Å². The number of carboxylic acids is 1. The van der Waals surface area contributed by atoms with Crippen LogP contribution in [0.3, 0.4) is 0 Å². The number of carboxylic acid groups (broad SMARTS) is 1. The summed E-state index contributed by atoms with van der Waals surface area (Å²) in [7, 11) is 0. The molecule has 2 atom stereocenters. The standard InChI is InChI=1S/C23H31FN2O5/c1-23(2,3)31-22(30)26-12-11-16(14-7-5-4-6-8-14)19(26)20(27)25-15-9-10-17(21(28)29)18(24)13-15/h9-10,13-14,16,19H,4-8,11-12H2,1-3H3,(H,25,27)(H,28,29)/t16-,19-/m0/s1. The maximum Gasteiger partial charge on any atom is 0.410 e. The van der Waals surface area contributed by atoms with Crippen molar-refractivity contribution < 1.29 is 28.6 Å². The molecular formula is C23H31FN2O5. The minimum atomic E-state index is -1.38. The molecule has 1 aromatic carbocycles. The van der Waals surface area contributed by atoms with Crippen LogP contribution in [0.15, 0.2) is 18.2 Å². The number of aromatic carboxylic acids is 1. The molecule has 2 aliphatic rings. The number of hydrogen-bond donors (Lipinski definition) is 2. The molecule has 2 amide bonds. The van der Waals surface area contributed by atoms with Gasteiger partial charge in [0.25, 0.3) is 0 Å². The zero-order valence-electron chi connectivity index (χ0n) is 18.3. The van der Waals surface area contributed by atoms with E-state index in [4.69, 9.17) is 9.84 Å². The lowest BCUT2D eigenvalue weighted by Crippen LogP contribution is -2.49. The van der Waals surface area contributed by atoms with Crippen LogP contribution in [0.25, 0.3) is 0 Å². The molecule has 31 heavy (non-hydrogen) atoms. The number of ether oxygens (including phenoxy) is 1. The van der Waals surface area contributed by atoms with Crippen LogP contribution in [0, 0.1) is 17.7 Å². The number of anilines is 1. The number of likely N-dealkylation sites (tertiary alicyclic amines) is 1. The van der Waals surface area contributed by atoms with Gasteiger partial charge in [-0.1, -0.05) is 32.1 Å². The summed E-state index contributed by atoms with van der Waals surface area (Å²) in [6.45, 7) is 5.77. The molecule has 1 saturated carbocycles. The predicted molar refractivity (Wildman–Crippen MR) is 113 cm³/mol. The summed E-state index contributed by atoms with van der Waals surface area (Å²) in [4.78, 5) is 38.6. The van der Waals surface area contributed by atoms with Crippen molar-refractivity contribution in [1.82, 2.24) is 4.90 Å². The van der Waals surface area contributed by atoms with Crippen molar-refractivity contribution in [2.75, 3.05) is 11.9 Å². The van der Waals surface area contributed by atoms with Crippen LogP contribution in [-0.4, -0.2) is 46.2 Å². The fraction of sp³-hybridized carbons (Fsp3) is 0.609. The number of nitrogens with one attached hydrogen (secondary N) is 1. The van der Waals surface area contributed by atoms with E-state index in [1.165, 1.54) is 17.4 Å². The zero-order valence-corrected chi connectivity index (χ0v) is 18.3. The van der Waals surface area contributed by atoms with Crippen LogP contribution in [0.2, 0.25) is 0 Å². The van der Waals surface area contributed by atoms with Crippen molar-refractivity contribution in [2.45, 2.75) is 70.9 Å². The van der Waals surface area contributed by atoms with Crippen molar-refractivity contribution >= 4 is 23.7 Å². The lowest BCUT2D eigenvalue weighted by molar-refractivity contribution is -0.122. The van der Waals surface area contributed by atoms with Gasteiger partial charge in [-0.25, -0.2) is 14.0 Å². The van der Waals surface area contributed by atoms with E-state index >= 15 is 0 Å². The van der Waals surface area contributed by atoms with Crippen molar-refractivity contribution in [3.63, 3.8) is 0 Å². The lowest BCUT2D eigenvalue weighted by Gasteiger charge is -2.34. The average molecular weight is 435 g/mol. The first-order valence-corrected chi connectivity index (χ1v) is 10.9. The lowest BCUT2D eigenvalue weighted by atomic mass is 9.76. The number of amides is 2. The Bertz CT molecular complexity index is 845. The second-order valence-electron chi connectivity index (χ2n) is 9.46. The second kappa shape index (κ2) is 9.24. The number of carbonyl (C=O) groups is 3. The fourth-order valence-corrected chi connectivity index (χ4v) is 4.72. The van der Waals surface area contributed by atoms with Crippen molar-refractivity contribution in [3.8, 4) is 0 Å². The molecule has 0 radical (unpaired) electrons. The van der Waals surface area contributed by atoms with Gasteiger partial charge in [0.2, 0.25) is 5.91 Å². The van der Waals surface area contributed by atoms with Gasteiger partial charge in [-0.05, 0) is 57.2 Å². The summed E-state index contributed by atoms with van der Waals surface area (Å²) >= 11 is 0. The number of nitrogens with zero attached hydrogens (tertiary/aromatic N) is 1. The van der Waals surface area contributed by atoms with Gasteiger partial charge in [0, 0.05) is 12.2 Å². The first kappa shape index (κ1) is 23.0. The summed E-state index contributed by atoms with van der Waals surface area (Å²) in [6.07, 6.45) is 5.66. The first-order chi connectivity index (χ1) is 14.6. The molecule has 8 heteroatoms. The summed E-state index contributed by atoms with van der Waals surface area (Å²) in [5.74, 6) is -2.34. The Labute approximate surface area is 181 Å². The summed E-state index contributed by atoms with van der Waals surface area (Å²) in [6, 6.07) is 2.75. The second-order valence-corrected chi connectivity index (χ2v) is 9.46. The van der Waals surface area contributed by atoms with Crippen LogP contribution in [0.1, 0.15) is 69.7 Å². The Balaban J connectivity index is 1.83. The van der Waals surface area contributed by atoms with Crippen LogP contribution in [-0.2, 0) is 9.53 Å². The van der Waals surface area contributed by atoms with Crippen LogP contribution in [0.4, 0.5) is 14.9 Å². The highest BCUT2D eigenvalue weighted by Gasteiger charge is 2.46. The van der Waals surface area contributed by atoms with E-state index in [1.54, 1.807) is 20.8 Å². The normalized spacial score (nSPS) is 22.3. The third-order valence-corrected chi connectivity index (χ3v) is 6.06. The molecule has 170 valence electrons. The molecule has 1 aromatic rings. The van der Waals surface area contributed by atoms with E-state index in [9.17, 15) is 18.8 Å². The Kier molecular flexibility index (Phi) is 6.86. The Morgan fingerprint density at radius 2 is 1.81 bits per heavy atom. The number of halogens is 1. The highest BCUT2D eigenvalue weighted by molar-refractivity contribution is 5.97. The first-order valence-electron chi connectivity index (χ1n) is 10.9. The largest absolute Gasteiger partial charge is 0.478 e. The van der Waals surface area contributed by atoms with Gasteiger partial charge < -0.3 is 15.2 Å². The van der Waals surface area contributed by atoms with Crippen molar-refractivity contribution in [3.05, 3.63) is 29.6 Å². The molecule has 0 aromatic heterocycles. The number of benzene rings is 1. The van der Waals surface area contributed by atoms with Gasteiger partial charge >= 0.3 is 12.1 Å². The maximum atomic E-state index is 14.1. The SMILES string of the molecule is CC(C)(C)OC(=O)N1CC[C@@H](C2CCCCC2)[C@H]1C(=O)Nc1ccc(C(=O)O)c(F)c1. The van der Waals surface area contributed by atoms with Gasteiger partial charge in [-0.3, -0.25) is 9.69 Å². The molecule has 1 saturated heterocycles. The van der Waals surface area contributed by atoms with Gasteiger partial charge in [0.1, 0.15) is 17.5 Å². The van der Waals surface area contributed by atoms with E-state index < -0.39 is 41.0 Å². The third-order valence-electron chi connectivity index (χ3n) is 6.06. The molecule has 0 spiro atoms. The molecule has 1 aliphatic heterocycles. The highest BCUT2D eigenvalue weighted by atomic mass is 19.1. The number of hydrogen-bond acceptors (Lipinski definition) is 4. The quantitative estimate of drug-likeness (QED) is 0.718. The Hall–Kier alpha value is -2.64. The van der Waals surface area contributed by atoms with E-state index in [1.807, 2.05) is 0 Å². The van der Waals surface area contributed by atoms with Crippen LogP contribution >= 0.6 is 0 Å². The predicted octanol–water partition coefficient (Wildman–Crippen LogP) is 4.67. The summed E-state index contributed by atoms with van der Waals surface area (Å²) in [5, 5.41) is 11.7. The molecule has 7 nitrogen and oxygen atoms in total. The Morgan fingerprint density at radius 1 is 1.13 bits per heavy atom. The smallest absolute Gasteiger partial charge is 0.410 e. The average Bonchev–Trinajstić information content (AvgIpc) is 3.12. The molecule has 1 aliphatic carbocycles. The molecule has 0 bridgehead atoms. The monoisotopic (exact) mass is 434 g/mol. The van der Waals surface area contributed by atoms with Gasteiger partial charge in [0.15, 0.2) is 0 Å². The highest BCUT2D eigenvalue weighted by Crippen LogP contribution is 2.39. The molecule has 0 unspecified atom stereocenters. The van der Waals surface area contributed by atoms with Crippen LogP contribution in [0.5, 0.6) is 0 Å². The number of carbonyl (C=O) groups excluding carboxylic acids is 2.